The van der Waals surface area contributed by atoms with E-state index in [0.717, 1.165) is 5.56 Å². The van der Waals surface area contributed by atoms with Crippen LogP contribution in [0.15, 0.2) is 24.3 Å². The minimum absolute atomic E-state index is 0.00529. The van der Waals surface area contributed by atoms with E-state index in [1.165, 1.54) is 0 Å². The molecule has 24 heavy (non-hydrogen) atoms. The van der Waals surface area contributed by atoms with Crippen molar-refractivity contribution in [1.82, 2.24) is 10.2 Å². The molecule has 0 aliphatic carbocycles. The Morgan fingerprint density at radius 2 is 1.79 bits per heavy atom. The highest BCUT2D eigenvalue weighted by molar-refractivity contribution is 5.94. The number of alkyl carbamates (subject to hydrolysis) is 1. The highest BCUT2D eigenvalue weighted by Gasteiger charge is 2.26. The Balaban J connectivity index is 1.84. The topological polar surface area (TPSA) is 58.6 Å². The average Bonchev–Trinajstić information content (AvgIpc) is 2.53. The van der Waals surface area contributed by atoms with Crippen LogP contribution in [0.3, 0.4) is 0 Å². The van der Waals surface area contributed by atoms with Crippen LogP contribution in [0, 0.1) is 12.3 Å². The quantitative estimate of drug-likeness (QED) is 0.849. The lowest BCUT2D eigenvalue weighted by atomic mass is 10.0. The maximum atomic E-state index is 12.5. The maximum absolute atomic E-state index is 12.5. The van der Waals surface area contributed by atoms with Crippen molar-refractivity contribution in [2.45, 2.75) is 45.3 Å². The van der Waals surface area contributed by atoms with Crippen LogP contribution in [0.2, 0.25) is 0 Å². The highest BCUT2D eigenvalue weighted by atomic mass is 16.6. The van der Waals surface area contributed by atoms with E-state index >= 15 is 0 Å². The Bertz CT molecular complexity index is 630. The van der Waals surface area contributed by atoms with Gasteiger partial charge in [-0.1, -0.05) is 5.92 Å². The van der Waals surface area contributed by atoms with Crippen LogP contribution in [0.5, 0.6) is 0 Å². The highest BCUT2D eigenvalue weighted by Crippen LogP contribution is 2.15. The number of rotatable bonds is 2. The first-order valence-electron chi connectivity index (χ1n) is 8.14. The van der Waals surface area contributed by atoms with E-state index in [1.807, 2.05) is 20.8 Å². The van der Waals surface area contributed by atoms with Gasteiger partial charge in [-0.05, 0) is 57.9 Å². The van der Waals surface area contributed by atoms with Crippen LogP contribution in [0.1, 0.15) is 49.5 Å². The monoisotopic (exact) mass is 328 g/mol. The predicted molar refractivity (Wildman–Crippen MR) is 92.7 cm³/mol. The molecule has 1 aromatic carbocycles. The van der Waals surface area contributed by atoms with Crippen LogP contribution in [-0.2, 0) is 4.74 Å². The van der Waals surface area contributed by atoms with Crippen molar-refractivity contribution in [3.8, 4) is 12.3 Å². The van der Waals surface area contributed by atoms with Gasteiger partial charge in [0.15, 0.2) is 0 Å². The fourth-order valence-electron chi connectivity index (χ4n) is 2.59. The van der Waals surface area contributed by atoms with Gasteiger partial charge in [0.2, 0.25) is 0 Å². The summed E-state index contributed by atoms with van der Waals surface area (Å²) in [5, 5.41) is 2.87. The summed E-state index contributed by atoms with van der Waals surface area (Å²) in [7, 11) is 0. The van der Waals surface area contributed by atoms with Gasteiger partial charge in [0, 0.05) is 30.3 Å². The molecule has 2 amide bonds. The van der Waals surface area contributed by atoms with Crippen molar-refractivity contribution in [3.05, 3.63) is 35.4 Å². The third-order valence-corrected chi connectivity index (χ3v) is 3.80. The van der Waals surface area contributed by atoms with E-state index in [4.69, 9.17) is 11.2 Å². The normalized spacial score (nSPS) is 15.5. The van der Waals surface area contributed by atoms with Gasteiger partial charge in [-0.3, -0.25) is 4.79 Å². The number of hydrogen-bond acceptors (Lipinski definition) is 3. The van der Waals surface area contributed by atoms with E-state index in [2.05, 4.69) is 11.2 Å². The van der Waals surface area contributed by atoms with Crippen molar-refractivity contribution >= 4 is 12.0 Å². The smallest absolute Gasteiger partial charge is 0.407 e. The fraction of sp³-hybridized carbons (Fsp3) is 0.474. The third kappa shape index (κ3) is 5.02. The molecule has 5 heteroatoms. The molecule has 0 bridgehead atoms. The van der Waals surface area contributed by atoms with Crippen molar-refractivity contribution < 1.29 is 14.3 Å². The molecule has 1 heterocycles. The molecule has 128 valence electrons. The summed E-state index contributed by atoms with van der Waals surface area (Å²) in [6.45, 7) is 6.71. The standard InChI is InChI=1S/C19H24N2O3/c1-5-14-6-8-15(9-7-14)17(22)21-12-10-16(11-13-21)20-18(23)24-19(2,3)4/h1,6-9,16H,10-13H2,2-4H3,(H,20,23). The number of carbonyl (C=O) groups is 2. The molecule has 1 aliphatic rings. The van der Waals surface area contributed by atoms with Crippen molar-refractivity contribution in [2.24, 2.45) is 0 Å². The van der Waals surface area contributed by atoms with Gasteiger partial charge in [0.25, 0.3) is 5.91 Å². The number of ether oxygens (including phenoxy) is 1. The Hall–Kier alpha value is -2.48. The summed E-state index contributed by atoms with van der Waals surface area (Å²) >= 11 is 0. The number of hydrogen-bond donors (Lipinski definition) is 1. The average molecular weight is 328 g/mol. The summed E-state index contributed by atoms with van der Waals surface area (Å²) in [6, 6.07) is 7.08. The van der Waals surface area contributed by atoms with E-state index < -0.39 is 11.7 Å². The van der Waals surface area contributed by atoms with Gasteiger partial charge in [-0.15, -0.1) is 6.42 Å². The molecule has 0 unspecified atom stereocenters. The summed E-state index contributed by atoms with van der Waals surface area (Å²) in [6.07, 6.45) is 6.35. The molecule has 1 fully saturated rings. The Morgan fingerprint density at radius 1 is 1.21 bits per heavy atom. The predicted octanol–water partition coefficient (Wildman–Crippen LogP) is 2.80. The summed E-state index contributed by atoms with van der Waals surface area (Å²) < 4.78 is 5.26. The lowest BCUT2D eigenvalue weighted by molar-refractivity contribution is 0.0473. The van der Waals surface area contributed by atoms with E-state index in [9.17, 15) is 9.59 Å². The molecular formula is C19H24N2O3. The van der Waals surface area contributed by atoms with Crippen LogP contribution in [-0.4, -0.2) is 41.6 Å². The molecule has 2 rings (SSSR count). The van der Waals surface area contributed by atoms with Gasteiger partial charge in [0.1, 0.15) is 5.60 Å². The van der Waals surface area contributed by atoms with E-state index in [1.54, 1.807) is 29.2 Å². The molecule has 0 saturated carbocycles. The number of nitrogens with one attached hydrogen (secondary N) is 1. The van der Waals surface area contributed by atoms with Crippen molar-refractivity contribution in [2.75, 3.05) is 13.1 Å². The maximum Gasteiger partial charge on any atom is 0.407 e. The molecule has 0 radical (unpaired) electrons. The number of nitrogens with zero attached hydrogens (tertiary/aromatic N) is 1. The Kier molecular flexibility index (Phi) is 5.50. The minimum atomic E-state index is -0.509. The largest absolute Gasteiger partial charge is 0.444 e. The van der Waals surface area contributed by atoms with Crippen molar-refractivity contribution in [1.29, 1.82) is 0 Å². The fourth-order valence-corrected chi connectivity index (χ4v) is 2.59. The molecule has 1 N–H and O–H groups in total. The summed E-state index contributed by atoms with van der Waals surface area (Å²) in [5.41, 5.74) is 0.880. The zero-order valence-electron chi connectivity index (χ0n) is 14.5. The molecule has 0 aromatic heterocycles. The van der Waals surface area contributed by atoms with Gasteiger partial charge in [0.05, 0.1) is 0 Å². The van der Waals surface area contributed by atoms with Crippen LogP contribution >= 0.6 is 0 Å². The number of carbonyl (C=O) groups excluding carboxylic acids is 2. The van der Waals surface area contributed by atoms with Gasteiger partial charge < -0.3 is 15.0 Å². The third-order valence-electron chi connectivity index (χ3n) is 3.80. The molecule has 5 nitrogen and oxygen atoms in total. The van der Waals surface area contributed by atoms with Gasteiger partial charge in [-0.25, -0.2) is 4.79 Å². The SMILES string of the molecule is C#Cc1ccc(C(=O)N2CCC(NC(=O)OC(C)(C)C)CC2)cc1. The zero-order valence-corrected chi connectivity index (χ0v) is 14.5. The number of benzene rings is 1. The second kappa shape index (κ2) is 7.39. The zero-order chi connectivity index (χ0) is 17.7. The molecule has 0 atom stereocenters. The van der Waals surface area contributed by atoms with Gasteiger partial charge >= 0.3 is 6.09 Å². The van der Waals surface area contributed by atoms with Crippen LogP contribution in [0.25, 0.3) is 0 Å². The molecule has 1 aliphatic heterocycles. The number of piperidine rings is 1. The lowest BCUT2D eigenvalue weighted by Gasteiger charge is -2.33. The second-order valence-electron chi connectivity index (χ2n) is 6.93. The lowest BCUT2D eigenvalue weighted by Crippen LogP contribution is -2.47. The van der Waals surface area contributed by atoms with Crippen LogP contribution < -0.4 is 5.32 Å². The van der Waals surface area contributed by atoms with E-state index in [-0.39, 0.29) is 11.9 Å². The van der Waals surface area contributed by atoms with Crippen molar-refractivity contribution in [3.63, 3.8) is 0 Å². The minimum Gasteiger partial charge on any atom is -0.444 e. The molecule has 0 spiro atoms. The van der Waals surface area contributed by atoms with Crippen LogP contribution in [0.4, 0.5) is 4.79 Å². The number of likely N-dealkylation sites (tertiary alicyclic amines) is 1. The Morgan fingerprint density at radius 3 is 2.29 bits per heavy atom. The molecule has 1 saturated heterocycles. The first kappa shape index (κ1) is 17.9. The summed E-state index contributed by atoms with van der Waals surface area (Å²) in [5.74, 6) is 2.53. The first-order valence-corrected chi connectivity index (χ1v) is 8.14. The Labute approximate surface area is 143 Å². The second-order valence-corrected chi connectivity index (χ2v) is 6.93. The number of amides is 2. The summed E-state index contributed by atoms with van der Waals surface area (Å²) in [4.78, 5) is 26.1. The molecular weight excluding hydrogens is 304 g/mol. The number of terminal acetylenes is 1. The molecule has 1 aromatic rings. The van der Waals surface area contributed by atoms with Gasteiger partial charge in [-0.2, -0.15) is 0 Å². The first-order chi connectivity index (χ1) is 11.3. The van der Waals surface area contributed by atoms with E-state index in [0.29, 0.717) is 31.5 Å².